The van der Waals surface area contributed by atoms with Gasteiger partial charge in [0, 0.05) is 20.3 Å². The SMILES string of the molecule is Cc1ccc(-c2nc(-c3cccc(I)c3)[nH]c2-c2ccc(C)cc2)cc1. The first-order valence-corrected chi connectivity index (χ1v) is 9.68. The Balaban J connectivity index is 1.90. The van der Waals surface area contributed by atoms with E-state index in [0.717, 1.165) is 33.9 Å². The monoisotopic (exact) mass is 450 g/mol. The Morgan fingerprint density at radius 1 is 0.731 bits per heavy atom. The lowest BCUT2D eigenvalue weighted by molar-refractivity contribution is 1.30. The van der Waals surface area contributed by atoms with Crippen molar-refractivity contribution in [1.82, 2.24) is 9.97 Å². The standard InChI is InChI=1S/C23H19IN2/c1-15-6-10-17(11-7-15)21-22(18-12-8-16(2)9-13-18)26-23(25-21)19-4-3-5-20(24)14-19/h3-14H,1-2H3,(H,25,26). The number of nitrogens with one attached hydrogen (secondary N) is 1. The van der Waals surface area contributed by atoms with Crippen molar-refractivity contribution in [2.24, 2.45) is 0 Å². The molecule has 3 heteroatoms. The molecule has 1 heterocycles. The van der Waals surface area contributed by atoms with Gasteiger partial charge in [0.05, 0.1) is 11.4 Å². The normalized spacial score (nSPS) is 10.9. The van der Waals surface area contributed by atoms with Crippen molar-refractivity contribution in [2.45, 2.75) is 13.8 Å². The van der Waals surface area contributed by atoms with Crippen LogP contribution in [0.3, 0.4) is 0 Å². The highest BCUT2D eigenvalue weighted by atomic mass is 127. The number of benzene rings is 3. The number of aromatic amines is 1. The molecule has 0 fully saturated rings. The van der Waals surface area contributed by atoms with Crippen LogP contribution in [0.15, 0.2) is 72.8 Å². The van der Waals surface area contributed by atoms with Crippen molar-refractivity contribution in [3.8, 4) is 33.9 Å². The van der Waals surface area contributed by atoms with Gasteiger partial charge in [-0.2, -0.15) is 0 Å². The zero-order valence-corrected chi connectivity index (χ0v) is 16.9. The zero-order valence-electron chi connectivity index (χ0n) is 14.8. The molecule has 0 saturated heterocycles. The summed E-state index contributed by atoms with van der Waals surface area (Å²) in [4.78, 5) is 8.52. The summed E-state index contributed by atoms with van der Waals surface area (Å²) in [7, 11) is 0. The number of H-pyrrole nitrogens is 1. The van der Waals surface area contributed by atoms with Gasteiger partial charge in [-0.1, -0.05) is 71.8 Å². The molecule has 0 aliphatic rings. The molecular formula is C23H19IN2. The molecule has 0 bridgehead atoms. The summed E-state index contributed by atoms with van der Waals surface area (Å²) in [6.07, 6.45) is 0. The van der Waals surface area contributed by atoms with Gasteiger partial charge in [0.1, 0.15) is 5.82 Å². The number of hydrogen-bond acceptors (Lipinski definition) is 1. The van der Waals surface area contributed by atoms with E-state index in [9.17, 15) is 0 Å². The highest BCUT2D eigenvalue weighted by Gasteiger charge is 2.15. The minimum Gasteiger partial charge on any atom is -0.337 e. The summed E-state index contributed by atoms with van der Waals surface area (Å²) in [5, 5.41) is 0. The Morgan fingerprint density at radius 2 is 1.35 bits per heavy atom. The first kappa shape index (κ1) is 17.0. The molecule has 4 rings (SSSR count). The summed E-state index contributed by atoms with van der Waals surface area (Å²) >= 11 is 2.34. The Hall–Kier alpha value is -2.40. The highest BCUT2D eigenvalue weighted by Crippen LogP contribution is 2.33. The second-order valence-corrected chi connectivity index (χ2v) is 7.80. The van der Waals surface area contributed by atoms with Crippen LogP contribution in [-0.4, -0.2) is 9.97 Å². The number of aryl methyl sites for hydroxylation is 2. The Kier molecular flexibility index (Phi) is 4.64. The highest BCUT2D eigenvalue weighted by molar-refractivity contribution is 14.1. The Bertz CT molecular complexity index is 982. The molecule has 26 heavy (non-hydrogen) atoms. The Labute approximate surface area is 167 Å². The second-order valence-electron chi connectivity index (χ2n) is 6.55. The number of nitrogens with zero attached hydrogens (tertiary/aromatic N) is 1. The van der Waals surface area contributed by atoms with Crippen LogP contribution in [-0.2, 0) is 0 Å². The van der Waals surface area contributed by atoms with Gasteiger partial charge in [-0.3, -0.25) is 0 Å². The van der Waals surface area contributed by atoms with Crippen LogP contribution >= 0.6 is 22.6 Å². The van der Waals surface area contributed by atoms with Crippen molar-refractivity contribution in [3.63, 3.8) is 0 Å². The first-order valence-electron chi connectivity index (χ1n) is 8.60. The molecule has 0 radical (unpaired) electrons. The maximum atomic E-state index is 4.96. The number of aromatic nitrogens is 2. The maximum absolute atomic E-state index is 4.96. The molecular weight excluding hydrogens is 431 g/mol. The lowest BCUT2D eigenvalue weighted by Crippen LogP contribution is -1.84. The number of rotatable bonds is 3. The summed E-state index contributed by atoms with van der Waals surface area (Å²) in [5.41, 5.74) is 7.92. The molecule has 0 aliphatic heterocycles. The molecule has 1 aromatic heterocycles. The van der Waals surface area contributed by atoms with E-state index in [1.807, 2.05) is 0 Å². The van der Waals surface area contributed by atoms with E-state index in [1.54, 1.807) is 0 Å². The predicted octanol–water partition coefficient (Wildman–Crippen LogP) is 6.63. The van der Waals surface area contributed by atoms with Crippen LogP contribution in [0.5, 0.6) is 0 Å². The topological polar surface area (TPSA) is 28.7 Å². The van der Waals surface area contributed by atoms with Gasteiger partial charge >= 0.3 is 0 Å². The molecule has 2 nitrogen and oxygen atoms in total. The van der Waals surface area contributed by atoms with Crippen molar-refractivity contribution >= 4 is 22.6 Å². The van der Waals surface area contributed by atoms with Crippen molar-refractivity contribution in [1.29, 1.82) is 0 Å². The molecule has 0 aliphatic carbocycles. The van der Waals surface area contributed by atoms with Crippen molar-refractivity contribution in [2.75, 3.05) is 0 Å². The number of halogens is 1. The fourth-order valence-corrected chi connectivity index (χ4v) is 3.54. The molecule has 1 N–H and O–H groups in total. The van der Waals surface area contributed by atoms with E-state index in [4.69, 9.17) is 4.98 Å². The van der Waals surface area contributed by atoms with Crippen LogP contribution in [0.1, 0.15) is 11.1 Å². The summed E-state index contributed by atoms with van der Waals surface area (Å²) in [5.74, 6) is 0.898. The first-order chi connectivity index (χ1) is 12.6. The van der Waals surface area contributed by atoms with E-state index < -0.39 is 0 Å². The zero-order chi connectivity index (χ0) is 18.1. The molecule has 128 valence electrons. The number of imidazole rings is 1. The van der Waals surface area contributed by atoms with Gasteiger partial charge in [-0.15, -0.1) is 0 Å². The Morgan fingerprint density at radius 3 is 1.96 bits per heavy atom. The lowest BCUT2D eigenvalue weighted by atomic mass is 10.0. The molecule has 0 amide bonds. The van der Waals surface area contributed by atoms with E-state index in [2.05, 4.69) is 114 Å². The lowest BCUT2D eigenvalue weighted by Gasteiger charge is -2.04. The molecule has 0 atom stereocenters. The van der Waals surface area contributed by atoms with Crippen molar-refractivity contribution in [3.05, 3.63) is 87.5 Å². The van der Waals surface area contributed by atoms with Crippen LogP contribution in [0.2, 0.25) is 0 Å². The molecule has 0 spiro atoms. The fourth-order valence-electron chi connectivity index (χ4n) is 3.00. The second kappa shape index (κ2) is 7.08. The average molecular weight is 450 g/mol. The fraction of sp³-hybridized carbons (Fsp3) is 0.0870. The minimum atomic E-state index is 0.898. The van der Waals surface area contributed by atoms with Crippen LogP contribution in [0.25, 0.3) is 33.9 Å². The van der Waals surface area contributed by atoms with E-state index in [-0.39, 0.29) is 0 Å². The smallest absolute Gasteiger partial charge is 0.138 e. The molecule has 0 saturated carbocycles. The van der Waals surface area contributed by atoms with Gasteiger partial charge in [-0.25, -0.2) is 4.98 Å². The maximum Gasteiger partial charge on any atom is 0.138 e. The van der Waals surface area contributed by atoms with Crippen LogP contribution < -0.4 is 0 Å². The third-order valence-electron chi connectivity index (χ3n) is 4.47. The number of hydrogen-bond donors (Lipinski definition) is 1. The van der Waals surface area contributed by atoms with Gasteiger partial charge in [0.25, 0.3) is 0 Å². The van der Waals surface area contributed by atoms with E-state index >= 15 is 0 Å². The third-order valence-corrected chi connectivity index (χ3v) is 5.14. The summed E-state index contributed by atoms with van der Waals surface area (Å²) in [6, 6.07) is 25.5. The third kappa shape index (κ3) is 3.44. The quantitative estimate of drug-likeness (QED) is 0.349. The molecule has 3 aromatic carbocycles. The molecule has 4 aromatic rings. The van der Waals surface area contributed by atoms with Gasteiger partial charge in [0.2, 0.25) is 0 Å². The summed E-state index contributed by atoms with van der Waals surface area (Å²) < 4.78 is 1.20. The largest absolute Gasteiger partial charge is 0.337 e. The summed E-state index contributed by atoms with van der Waals surface area (Å²) in [6.45, 7) is 4.21. The average Bonchev–Trinajstić information content (AvgIpc) is 3.08. The van der Waals surface area contributed by atoms with Crippen LogP contribution in [0, 0.1) is 17.4 Å². The minimum absolute atomic E-state index is 0.898. The van der Waals surface area contributed by atoms with Gasteiger partial charge in [0.15, 0.2) is 0 Å². The predicted molar refractivity (Wildman–Crippen MR) is 117 cm³/mol. The van der Waals surface area contributed by atoms with E-state index in [0.29, 0.717) is 0 Å². The van der Waals surface area contributed by atoms with Gasteiger partial charge in [-0.05, 0) is 48.6 Å². The van der Waals surface area contributed by atoms with Crippen LogP contribution in [0.4, 0.5) is 0 Å². The molecule has 0 unspecified atom stereocenters. The van der Waals surface area contributed by atoms with Gasteiger partial charge < -0.3 is 4.98 Å². The van der Waals surface area contributed by atoms with E-state index in [1.165, 1.54) is 14.7 Å². The van der Waals surface area contributed by atoms with Crippen molar-refractivity contribution < 1.29 is 0 Å².